The fourth-order valence-electron chi connectivity index (χ4n) is 2.50. The lowest BCUT2D eigenvalue weighted by molar-refractivity contribution is -0.154. The first kappa shape index (κ1) is 19.5. The van der Waals surface area contributed by atoms with Gasteiger partial charge in [0.25, 0.3) is 0 Å². The van der Waals surface area contributed by atoms with E-state index >= 15 is 0 Å². The summed E-state index contributed by atoms with van der Waals surface area (Å²) in [5.74, 6) is 0.482. The number of halogens is 1. The van der Waals surface area contributed by atoms with Crippen LogP contribution >= 0.6 is 11.6 Å². The molecule has 1 aromatic heterocycles. The molecule has 1 aromatic carbocycles. The number of aromatic amines is 1. The monoisotopic (exact) mass is 367 g/mol. The molecule has 0 radical (unpaired) electrons. The third kappa shape index (κ3) is 5.34. The first-order valence-electron chi connectivity index (χ1n) is 8.44. The van der Waals surface area contributed by atoms with E-state index in [1.54, 1.807) is 6.20 Å². The zero-order valence-corrected chi connectivity index (χ0v) is 15.9. The largest absolute Gasteiger partial charge is 0.491 e. The Hall–Kier alpha value is -1.79. The van der Waals surface area contributed by atoms with Crippen LogP contribution in [-0.2, 0) is 9.53 Å². The van der Waals surface area contributed by atoms with Gasteiger partial charge in [0.05, 0.1) is 17.8 Å². The van der Waals surface area contributed by atoms with E-state index < -0.39 is 5.60 Å². The number of esters is 1. The van der Waals surface area contributed by atoms with Crippen LogP contribution in [0.1, 0.15) is 58.6 Å². The Morgan fingerprint density at radius 3 is 2.76 bits per heavy atom. The van der Waals surface area contributed by atoms with E-state index in [2.05, 4.69) is 10.2 Å². The van der Waals surface area contributed by atoms with Crippen molar-refractivity contribution in [3.8, 4) is 5.75 Å². The van der Waals surface area contributed by atoms with Crippen LogP contribution in [-0.4, -0.2) is 28.4 Å². The number of benzene rings is 1. The predicted octanol–water partition coefficient (Wildman–Crippen LogP) is 4.13. The zero-order chi connectivity index (χ0) is 18.6. The second-order valence-corrected chi connectivity index (χ2v) is 7.52. The summed E-state index contributed by atoms with van der Waals surface area (Å²) in [5, 5.41) is 8.35. The van der Waals surface area contributed by atoms with Gasteiger partial charge < -0.3 is 15.2 Å². The van der Waals surface area contributed by atoms with Gasteiger partial charge in [-0.15, -0.1) is 0 Å². The Kier molecular flexibility index (Phi) is 6.30. The molecule has 7 heteroatoms. The van der Waals surface area contributed by atoms with E-state index in [4.69, 9.17) is 26.8 Å². The van der Waals surface area contributed by atoms with E-state index in [0.29, 0.717) is 30.2 Å². The number of nitrogens with zero attached hydrogens (tertiary/aromatic N) is 1. The Balaban J connectivity index is 1.95. The Bertz CT molecular complexity index is 735. The van der Waals surface area contributed by atoms with E-state index in [1.165, 1.54) is 0 Å². The van der Waals surface area contributed by atoms with Crippen LogP contribution < -0.4 is 10.5 Å². The maximum absolute atomic E-state index is 11.7. The van der Waals surface area contributed by atoms with Gasteiger partial charge in [0, 0.05) is 23.4 Å². The molecule has 0 amide bonds. The predicted molar refractivity (Wildman–Crippen MR) is 98.9 cm³/mol. The first-order chi connectivity index (χ1) is 11.7. The van der Waals surface area contributed by atoms with Gasteiger partial charge in [-0.05, 0) is 46.6 Å². The highest BCUT2D eigenvalue weighted by molar-refractivity contribution is 6.35. The van der Waals surface area contributed by atoms with Crippen molar-refractivity contribution < 1.29 is 14.3 Å². The standard InChI is InChI=1S/C18H26ClN3O3/c1-11(20)12-9-14(19)13-10-21-22-16(13)17(12)24-8-6-5-7-15(23)25-18(2,3)4/h9-11H,5-8,20H2,1-4H3,(H,21,22). The summed E-state index contributed by atoms with van der Waals surface area (Å²) < 4.78 is 11.2. The van der Waals surface area contributed by atoms with E-state index in [-0.39, 0.29) is 12.0 Å². The number of nitrogens with one attached hydrogen (secondary N) is 1. The van der Waals surface area contributed by atoms with Crippen molar-refractivity contribution in [2.45, 2.75) is 58.6 Å². The average molecular weight is 368 g/mol. The lowest BCUT2D eigenvalue weighted by atomic mass is 10.1. The van der Waals surface area contributed by atoms with Gasteiger partial charge in [0.2, 0.25) is 0 Å². The average Bonchev–Trinajstić information content (AvgIpc) is 2.96. The minimum absolute atomic E-state index is 0.189. The van der Waals surface area contributed by atoms with Crippen molar-refractivity contribution in [2.75, 3.05) is 6.61 Å². The number of carbonyl (C=O) groups excluding carboxylic acids is 1. The van der Waals surface area contributed by atoms with Crippen molar-refractivity contribution >= 4 is 28.5 Å². The summed E-state index contributed by atoms with van der Waals surface area (Å²) in [7, 11) is 0. The van der Waals surface area contributed by atoms with Gasteiger partial charge in [-0.3, -0.25) is 9.89 Å². The molecule has 0 fully saturated rings. The van der Waals surface area contributed by atoms with Crippen LogP contribution in [0.25, 0.3) is 10.9 Å². The number of carbonyl (C=O) groups is 1. The lowest BCUT2D eigenvalue weighted by Crippen LogP contribution is -2.23. The summed E-state index contributed by atoms with van der Waals surface area (Å²) in [4.78, 5) is 11.7. The Labute approximate surface area is 153 Å². The molecule has 1 heterocycles. The molecule has 25 heavy (non-hydrogen) atoms. The SMILES string of the molecule is CC(N)c1cc(Cl)c2cn[nH]c2c1OCCCCC(=O)OC(C)(C)C. The fourth-order valence-corrected chi connectivity index (χ4v) is 2.76. The molecule has 0 saturated heterocycles. The molecule has 2 rings (SSSR count). The first-order valence-corrected chi connectivity index (χ1v) is 8.82. The van der Waals surface area contributed by atoms with E-state index in [0.717, 1.165) is 22.9 Å². The number of H-pyrrole nitrogens is 1. The molecule has 0 aliphatic carbocycles. The molecule has 0 bridgehead atoms. The minimum Gasteiger partial charge on any atom is -0.491 e. The molecule has 2 aromatic rings. The number of ether oxygens (including phenoxy) is 2. The van der Waals surface area contributed by atoms with Crippen molar-refractivity contribution in [3.05, 3.63) is 22.8 Å². The van der Waals surface area contributed by atoms with Crippen LogP contribution in [0.4, 0.5) is 0 Å². The van der Waals surface area contributed by atoms with Crippen LogP contribution in [0.15, 0.2) is 12.3 Å². The molecule has 138 valence electrons. The molecular weight excluding hydrogens is 342 g/mol. The van der Waals surface area contributed by atoms with Crippen molar-refractivity contribution in [1.29, 1.82) is 0 Å². The van der Waals surface area contributed by atoms with Gasteiger partial charge >= 0.3 is 5.97 Å². The van der Waals surface area contributed by atoms with E-state index in [9.17, 15) is 4.79 Å². The number of aromatic nitrogens is 2. The summed E-state index contributed by atoms with van der Waals surface area (Å²) in [6.45, 7) is 7.93. The third-order valence-corrected chi connectivity index (χ3v) is 3.91. The molecule has 0 aliphatic heterocycles. The van der Waals surface area contributed by atoms with Crippen molar-refractivity contribution in [2.24, 2.45) is 5.73 Å². The molecule has 0 aliphatic rings. The number of fused-ring (bicyclic) bond motifs is 1. The van der Waals surface area contributed by atoms with Crippen LogP contribution in [0.2, 0.25) is 5.02 Å². The Morgan fingerprint density at radius 2 is 2.12 bits per heavy atom. The highest BCUT2D eigenvalue weighted by Crippen LogP contribution is 2.36. The van der Waals surface area contributed by atoms with Gasteiger partial charge in [0.15, 0.2) is 0 Å². The zero-order valence-electron chi connectivity index (χ0n) is 15.2. The van der Waals surface area contributed by atoms with Gasteiger partial charge in [-0.2, -0.15) is 5.10 Å². The number of hydrogen-bond acceptors (Lipinski definition) is 5. The molecule has 1 atom stereocenters. The summed E-state index contributed by atoms with van der Waals surface area (Å²) in [6.07, 6.45) is 3.47. The lowest BCUT2D eigenvalue weighted by Gasteiger charge is -2.19. The normalized spacial score (nSPS) is 13.0. The minimum atomic E-state index is -0.449. The Morgan fingerprint density at radius 1 is 1.40 bits per heavy atom. The second kappa shape index (κ2) is 8.06. The summed E-state index contributed by atoms with van der Waals surface area (Å²) in [6, 6.07) is 1.60. The molecule has 0 saturated carbocycles. The highest BCUT2D eigenvalue weighted by atomic mass is 35.5. The smallest absolute Gasteiger partial charge is 0.306 e. The van der Waals surface area contributed by atoms with Crippen LogP contribution in [0.3, 0.4) is 0 Å². The van der Waals surface area contributed by atoms with Gasteiger partial charge in [-0.1, -0.05) is 11.6 Å². The van der Waals surface area contributed by atoms with Crippen LogP contribution in [0.5, 0.6) is 5.75 Å². The second-order valence-electron chi connectivity index (χ2n) is 7.12. The number of unbranched alkanes of at least 4 members (excludes halogenated alkanes) is 1. The molecular formula is C18H26ClN3O3. The topological polar surface area (TPSA) is 90.2 Å². The highest BCUT2D eigenvalue weighted by Gasteiger charge is 2.18. The molecule has 0 spiro atoms. The number of rotatable bonds is 7. The summed E-state index contributed by atoms with van der Waals surface area (Å²) >= 11 is 6.27. The van der Waals surface area contributed by atoms with Gasteiger partial charge in [0.1, 0.15) is 16.9 Å². The van der Waals surface area contributed by atoms with E-state index in [1.807, 2.05) is 33.8 Å². The maximum Gasteiger partial charge on any atom is 0.306 e. The van der Waals surface area contributed by atoms with Crippen molar-refractivity contribution in [3.63, 3.8) is 0 Å². The molecule has 3 N–H and O–H groups in total. The van der Waals surface area contributed by atoms with Gasteiger partial charge in [-0.25, -0.2) is 0 Å². The third-order valence-electron chi connectivity index (χ3n) is 3.60. The van der Waals surface area contributed by atoms with Crippen LogP contribution in [0, 0.1) is 0 Å². The number of hydrogen-bond donors (Lipinski definition) is 2. The summed E-state index contributed by atoms with van der Waals surface area (Å²) in [5.41, 5.74) is 7.16. The number of nitrogens with two attached hydrogens (primary N) is 1. The molecule has 1 unspecified atom stereocenters. The fraction of sp³-hybridized carbons (Fsp3) is 0.556. The van der Waals surface area contributed by atoms with Crippen molar-refractivity contribution in [1.82, 2.24) is 10.2 Å². The maximum atomic E-state index is 11.7. The molecule has 6 nitrogen and oxygen atoms in total. The quantitative estimate of drug-likeness (QED) is 0.567.